The summed E-state index contributed by atoms with van der Waals surface area (Å²) in [6, 6.07) is 51.6. The molecule has 0 radical (unpaired) electrons. The fourth-order valence-corrected chi connectivity index (χ4v) is 6.24. The molecule has 3 heteroatoms. The zero-order valence-corrected chi connectivity index (χ0v) is 25.2. The zero-order chi connectivity index (χ0) is 30.5. The Balaban J connectivity index is 1.48. The Bertz CT molecular complexity index is 1590. The number of unbranched alkanes of at least 4 members (excludes halogenated alkanes) is 1. The third kappa shape index (κ3) is 5.82. The van der Waals surface area contributed by atoms with E-state index < -0.39 is 0 Å². The van der Waals surface area contributed by atoms with Crippen molar-refractivity contribution in [3.63, 3.8) is 0 Å². The summed E-state index contributed by atoms with van der Waals surface area (Å²) in [5, 5.41) is 0. The van der Waals surface area contributed by atoms with Crippen LogP contribution in [0.25, 0.3) is 33.4 Å². The average Bonchev–Trinajstić information content (AvgIpc) is 3.07. The van der Waals surface area contributed by atoms with Crippen molar-refractivity contribution < 1.29 is 0 Å². The van der Waals surface area contributed by atoms with Crippen LogP contribution in [0.15, 0.2) is 146 Å². The third-order valence-electron chi connectivity index (χ3n) is 8.77. The van der Waals surface area contributed by atoms with E-state index in [1.54, 1.807) is 0 Å². The van der Waals surface area contributed by atoms with Gasteiger partial charge >= 0.3 is 0 Å². The summed E-state index contributed by atoms with van der Waals surface area (Å²) >= 11 is 0. The van der Waals surface area contributed by atoms with Crippen molar-refractivity contribution in [1.29, 1.82) is 0 Å². The topological polar surface area (TPSA) is 78.1 Å². The van der Waals surface area contributed by atoms with Crippen LogP contribution in [-0.4, -0.2) is 0 Å². The minimum atomic E-state index is -0.324. The fraction of sp³-hybridized carbons (Fsp3) is 0.122. The highest BCUT2D eigenvalue weighted by Gasteiger charge is 2.36. The van der Waals surface area contributed by atoms with Gasteiger partial charge in [0.15, 0.2) is 0 Å². The second kappa shape index (κ2) is 12.5. The van der Waals surface area contributed by atoms with Gasteiger partial charge < -0.3 is 17.2 Å². The minimum absolute atomic E-state index is 0.324. The second-order valence-corrected chi connectivity index (χ2v) is 11.6. The molecule has 44 heavy (non-hydrogen) atoms. The van der Waals surface area contributed by atoms with E-state index in [1.807, 2.05) is 36.4 Å². The van der Waals surface area contributed by atoms with E-state index >= 15 is 0 Å². The fourth-order valence-electron chi connectivity index (χ4n) is 6.24. The Hall–Kier alpha value is -5.28. The molecule has 0 saturated heterocycles. The molecule has 0 atom stereocenters. The molecule has 0 saturated carbocycles. The van der Waals surface area contributed by atoms with Crippen LogP contribution < -0.4 is 17.2 Å². The van der Waals surface area contributed by atoms with Crippen LogP contribution in [0.1, 0.15) is 42.9 Å². The van der Waals surface area contributed by atoms with Crippen molar-refractivity contribution >= 4 is 17.1 Å². The maximum absolute atomic E-state index is 5.96. The lowest BCUT2D eigenvalue weighted by Gasteiger charge is -2.37. The highest BCUT2D eigenvalue weighted by Crippen LogP contribution is 2.45. The Morgan fingerprint density at radius 3 is 0.818 bits per heavy atom. The number of hydrogen-bond donors (Lipinski definition) is 3. The lowest BCUT2D eigenvalue weighted by atomic mass is 9.66. The van der Waals surface area contributed by atoms with Crippen molar-refractivity contribution in [3.05, 3.63) is 162 Å². The van der Waals surface area contributed by atoms with Gasteiger partial charge in [-0.25, -0.2) is 0 Å². The second-order valence-electron chi connectivity index (χ2n) is 11.6. The van der Waals surface area contributed by atoms with Gasteiger partial charge in [-0.05, 0) is 92.9 Å². The Kier molecular flexibility index (Phi) is 8.21. The molecule has 0 aliphatic heterocycles. The van der Waals surface area contributed by atoms with E-state index in [1.165, 1.54) is 33.4 Å². The molecular formula is C41H39N3. The summed E-state index contributed by atoms with van der Waals surface area (Å²) in [7, 11) is 0. The summed E-state index contributed by atoms with van der Waals surface area (Å²) in [5.74, 6) is 0. The number of anilines is 3. The minimum Gasteiger partial charge on any atom is -0.399 e. The summed E-state index contributed by atoms with van der Waals surface area (Å²) in [6.07, 6.45) is 3.20. The zero-order valence-electron chi connectivity index (χ0n) is 25.2. The van der Waals surface area contributed by atoms with Crippen molar-refractivity contribution in [2.24, 2.45) is 0 Å². The van der Waals surface area contributed by atoms with Gasteiger partial charge in [0.25, 0.3) is 0 Å². The maximum Gasteiger partial charge on any atom is 0.0451 e. The van der Waals surface area contributed by atoms with Crippen LogP contribution in [-0.2, 0) is 5.41 Å². The quantitative estimate of drug-likeness (QED) is 0.119. The van der Waals surface area contributed by atoms with Gasteiger partial charge in [0.05, 0.1) is 0 Å². The number of benzene rings is 6. The van der Waals surface area contributed by atoms with E-state index in [-0.39, 0.29) is 5.41 Å². The molecule has 0 aliphatic rings. The molecule has 0 aromatic heterocycles. The molecule has 6 aromatic carbocycles. The number of nitrogens with two attached hydrogens (primary N) is 3. The number of rotatable bonds is 9. The first-order chi connectivity index (χ1) is 21.5. The van der Waals surface area contributed by atoms with Crippen LogP contribution >= 0.6 is 0 Å². The van der Waals surface area contributed by atoms with Gasteiger partial charge in [0.1, 0.15) is 0 Å². The molecule has 6 N–H and O–H groups in total. The van der Waals surface area contributed by atoms with Gasteiger partial charge in [0.2, 0.25) is 0 Å². The maximum atomic E-state index is 5.96. The number of hydrogen-bond acceptors (Lipinski definition) is 3. The van der Waals surface area contributed by atoms with Crippen molar-refractivity contribution in [2.75, 3.05) is 17.2 Å². The smallest absolute Gasteiger partial charge is 0.0451 e. The number of nitrogen functional groups attached to an aromatic ring is 3. The molecule has 0 amide bonds. The lowest BCUT2D eigenvalue weighted by Crippen LogP contribution is -2.29. The highest BCUT2D eigenvalue weighted by molar-refractivity contribution is 5.70. The molecule has 0 spiro atoms. The van der Waals surface area contributed by atoms with E-state index in [2.05, 4.69) is 116 Å². The monoisotopic (exact) mass is 573 g/mol. The average molecular weight is 574 g/mol. The van der Waals surface area contributed by atoms with E-state index in [9.17, 15) is 0 Å². The Labute approximate surface area is 261 Å². The first kappa shape index (κ1) is 28.8. The molecule has 3 nitrogen and oxygen atoms in total. The van der Waals surface area contributed by atoms with Gasteiger partial charge in [-0.2, -0.15) is 0 Å². The van der Waals surface area contributed by atoms with Crippen LogP contribution in [0.5, 0.6) is 0 Å². The molecule has 0 heterocycles. The first-order valence-electron chi connectivity index (χ1n) is 15.4. The van der Waals surface area contributed by atoms with Crippen molar-refractivity contribution in [3.8, 4) is 33.4 Å². The Morgan fingerprint density at radius 1 is 0.364 bits per heavy atom. The molecule has 6 aromatic rings. The molecule has 0 fully saturated rings. The highest BCUT2D eigenvalue weighted by atomic mass is 14.5. The van der Waals surface area contributed by atoms with Crippen LogP contribution in [0.4, 0.5) is 17.1 Å². The van der Waals surface area contributed by atoms with Gasteiger partial charge in [-0.1, -0.05) is 129 Å². The first-order valence-corrected chi connectivity index (χ1v) is 15.4. The standard InChI is InChI=1S/C41H39N3/c1-2-3-28-41(35-16-4-29(5-17-35)32-10-22-38(42)23-11-32,36-18-6-30(7-19-36)33-12-24-39(43)25-13-33)37-20-8-31(9-21-37)34-14-26-40(44)27-15-34/h4-27H,2-3,28,42-44H2,1H3. The molecular weight excluding hydrogens is 534 g/mol. The molecule has 0 unspecified atom stereocenters. The normalized spacial score (nSPS) is 11.4. The molecule has 6 rings (SSSR count). The summed E-state index contributed by atoms with van der Waals surface area (Å²) in [4.78, 5) is 0. The lowest BCUT2D eigenvalue weighted by molar-refractivity contribution is 0.528. The molecule has 0 bridgehead atoms. The van der Waals surface area contributed by atoms with Gasteiger partial charge in [0, 0.05) is 22.5 Å². The predicted molar refractivity (Wildman–Crippen MR) is 188 cm³/mol. The van der Waals surface area contributed by atoms with E-state index in [0.29, 0.717) is 0 Å². The van der Waals surface area contributed by atoms with Crippen LogP contribution in [0, 0.1) is 0 Å². The SMILES string of the molecule is CCCCC(c1ccc(-c2ccc(N)cc2)cc1)(c1ccc(-c2ccc(N)cc2)cc1)c1ccc(-c2ccc(N)cc2)cc1. The van der Waals surface area contributed by atoms with Gasteiger partial charge in [-0.3, -0.25) is 0 Å². The van der Waals surface area contributed by atoms with Crippen LogP contribution in [0.3, 0.4) is 0 Å². The van der Waals surface area contributed by atoms with E-state index in [4.69, 9.17) is 17.2 Å². The Morgan fingerprint density at radius 2 is 0.591 bits per heavy atom. The summed E-state index contributed by atoms with van der Waals surface area (Å²) in [5.41, 5.74) is 30.7. The predicted octanol–water partition coefficient (Wildman–Crippen LogP) is 9.96. The molecule has 218 valence electrons. The van der Waals surface area contributed by atoms with Gasteiger partial charge in [-0.15, -0.1) is 0 Å². The largest absolute Gasteiger partial charge is 0.399 e. The van der Waals surface area contributed by atoms with Crippen molar-refractivity contribution in [1.82, 2.24) is 0 Å². The summed E-state index contributed by atoms with van der Waals surface area (Å²) in [6.45, 7) is 2.27. The van der Waals surface area contributed by atoms with Crippen molar-refractivity contribution in [2.45, 2.75) is 31.6 Å². The summed E-state index contributed by atoms with van der Waals surface area (Å²) < 4.78 is 0. The third-order valence-corrected chi connectivity index (χ3v) is 8.77. The molecule has 0 aliphatic carbocycles. The van der Waals surface area contributed by atoms with Crippen LogP contribution in [0.2, 0.25) is 0 Å². The van der Waals surface area contributed by atoms with E-state index in [0.717, 1.165) is 53.0 Å².